The number of nitrogens with zero attached hydrogens (tertiary/aromatic N) is 1. The second-order valence-electron chi connectivity index (χ2n) is 5.80. The summed E-state index contributed by atoms with van der Waals surface area (Å²) in [4.78, 5) is 14.2. The highest BCUT2D eigenvalue weighted by molar-refractivity contribution is 5.92. The Morgan fingerprint density at radius 1 is 1.22 bits per heavy atom. The molecular weight excluding hydrogens is 293 g/mol. The zero-order chi connectivity index (χ0) is 16.8. The van der Waals surface area contributed by atoms with E-state index in [1.807, 2.05) is 43.0 Å². The maximum absolute atomic E-state index is 12.9. The van der Waals surface area contributed by atoms with Crippen LogP contribution >= 0.6 is 0 Å². The first-order valence-electron chi connectivity index (χ1n) is 7.58. The van der Waals surface area contributed by atoms with Gasteiger partial charge in [-0.05, 0) is 55.8 Å². The molecule has 0 radical (unpaired) electrons. The minimum Gasteiger partial charge on any atom is -0.399 e. The standard InChI is InChI=1S/C18H22FN3O/c1-13(2)22(11-14-4-3-5-16(20)10-14)12-18(23)21-17-8-6-15(19)7-9-17/h3-10,13H,11-12,20H2,1-2H3,(H,21,23). The SMILES string of the molecule is CC(C)N(CC(=O)Nc1ccc(F)cc1)Cc1cccc(N)c1. The molecule has 2 rings (SSSR count). The zero-order valence-electron chi connectivity index (χ0n) is 13.4. The van der Waals surface area contributed by atoms with Gasteiger partial charge in [0.15, 0.2) is 0 Å². The van der Waals surface area contributed by atoms with Crippen LogP contribution in [0.1, 0.15) is 19.4 Å². The van der Waals surface area contributed by atoms with Gasteiger partial charge in [-0.1, -0.05) is 12.1 Å². The lowest BCUT2D eigenvalue weighted by atomic mass is 10.1. The molecule has 0 aliphatic carbocycles. The van der Waals surface area contributed by atoms with Crippen LogP contribution in [0.4, 0.5) is 15.8 Å². The topological polar surface area (TPSA) is 58.4 Å². The highest BCUT2D eigenvalue weighted by Gasteiger charge is 2.15. The van der Waals surface area contributed by atoms with Crippen molar-refractivity contribution in [3.63, 3.8) is 0 Å². The highest BCUT2D eigenvalue weighted by atomic mass is 19.1. The van der Waals surface area contributed by atoms with Gasteiger partial charge < -0.3 is 11.1 Å². The molecule has 0 aromatic heterocycles. The van der Waals surface area contributed by atoms with Gasteiger partial charge in [-0.3, -0.25) is 9.69 Å². The fourth-order valence-electron chi connectivity index (χ4n) is 2.27. The third kappa shape index (κ3) is 5.38. The average molecular weight is 315 g/mol. The van der Waals surface area contributed by atoms with Crippen LogP contribution in [0, 0.1) is 5.82 Å². The molecule has 23 heavy (non-hydrogen) atoms. The number of carbonyl (C=O) groups is 1. The van der Waals surface area contributed by atoms with Gasteiger partial charge in [0.25, 0.3) is 0 Å². The van der Waals surface area contributed by atoms with Crippen molar-refractivity contribution in [2.24, 2.45) is 0 Å². The molecule has 4 nitrogen and oxygen atoms in total. The number of nitrogens with two attached hydrogens (primary N) is 1. The zero-order valence-corrected chi connectivity index (χ0v) is 13.4. The third-order valence-corrected chi connectivity index (χ3v) is 3.54. The first-order valence-corrected chi connectivity index (χ1v) is 7.58. The van der Waals surface area contributed by atoms with Crippen LogP contribution in [0.5, 0.6) is 0 Å². The summed E-state index contributed by atoms with van der Waals surface area (Å²) in [7, 11) is 0. The second-order valence-corrected chi connectivity index (χ2v) is 5.80. The summed E-state index contributed by atoms with van der Waals surface area (Å²) in [6.45, 7) is 4.97. The monoisotopic (exact) mass is 315 g/mol. The van der Waals surface area contributed by atoms with Crippen molar-refractivity contribution >= 4 is 17.3 Å². The number of anilines is 2. The van der Waals surface area contributed by atoms with Crippen LogP contribution in [-0.4, -0.2) is 23.4 Å². The maximum Gasteiger partial charge on any atom is 0.238 e. The number of carbonyl (C=O) groups excluding carboxylic acids is 1. The quantitative estimate of drug-likeness (QED) is 0.805. The number of amides is 1. The summed E-state index contributed by atoms with van der Waals surface area (Å²) in [5.74, 6) is -0.456. The summed E-state index contributed by atoms with van der Waals surface area (Å²) in [6.07, 6.45) is 0. The van der Waals surface area contributed by atoms with Gasteiger partial charge in [-0.25, -0.2) is 4.39 Å². The lowest BCUT2D eigenvalue weighted by Gasteiger charge is -2.26. The fraction of sp³-hybridized carbons (Fsp3) is 0.278. The van der Waals surface area contributed by atoms with Crippen molar-refractivity contribution in [1.29, 1.82) is 0 Å². The predicted octanol–water partition coefficient (Wildman–Crippen LogP) is 3.26. The van der Waals surface area contributed by atoms with E-state index >= 15 is 0 Å². The Labute approximate surface area is 136 Å². The molecule has 0 bridgehead atoms. The smallest absolute Gasteiger partial charge is 0.238 e. The minimum absolute atomic E-state index is 0.130. The molecule has 0 heterocycles. The van der Waals surface area contributed by atoms with E-state index < -0.39 is 0 Å². The maximum atomic E-state index is 12.9. The molecule has 0 unspecified atom stereocenters. The number of benzene rings is 2. The van der Waals surface area contributed by atoms with Crippen molar-refractivity contribution < 1.29 is 9.18 Å². The fourth-order valence-corrected chi connectivity index (χ4v) is 2.27. The van der Waals surface area contributed by atoms with E-state index in [0.29, 0.717) is 17.9 Å². The molecule has 0 aliphatic heterocycles. The number of nitrogens with one attached hydrogen (secondary N) is 1. The normalized spacial score (nSPS) is 11.0. The predicted molar refractivity (Wildman–Crippen MR) is 91.4 cm³/mol. The van der Waals surface area contributed by atoms with E-state index in [1.165, 1.54) is 12.1 Å². The Kier molecular flexibility index (Phi) is 5.71. The minimum atomic E-state index is -0.325. The Morgan fingerprint density at radius 3 is 2.52 bits per heavy atom. The van der Waals surface area contributed by atoms with Crippen molar-refractivity contribution in [1.82, 2.24) is 4.90 Å². The van der Waals surface area contributed by atoms with Crippen molar-refractivity contribution in [2.45, 2.75) is 26.4 Å². The Hall–Kier alpha value is -2.40. The number of rotatable bonds is 6. The summed E-state index contributed by atoms with van der Waals surface area (Å²) >= 11 is 0. The summed E-state index contributed by atoms with van der Waals surface area (Å²) < 4.78 is 12.9. The van der Waals surface area contributed by atoms with E-state index in [0.717, 1.165) is 5.56 Å². The van der Waals surface area contributed by atoms with Crippen LogP contribution in [0.25, 0.3) is 0 Å². The molecule has 5 heteroatoms. The molecule has 0 saturated carbocycles. The lowest BCUT2D eigenvalue weighted by molar-refractivity contribution is -0.117. The van der Waals surface area contributed by atoms with Gasteiger partial charge in [0.1, 0.15) is 5.82 Å². The number of hydrogen-bond donors (Lipinski definition) is 2. The largest absolute Gasteiger partial charge is 0.399 e. The van der Waals surface area contributed by atoms with Gasteiger partial charge in [0.05, 0.1) is 6.54 Å². The first kappa shape index (κ1) is 17.0. The number of halogens is 1. The number of nitrogen functional groups attached to an aromatic ring is 1. The van der Waals surface area contributed by atoms with E-state index in [1.54, 1.807) is 12.1 Å². The Balaban J connectivity index is 1.98. The molecule has 122 valence electrons. The lowest BCUT2D eigenvalue weighted by Crippen LogP contribution is -2.37. The molecule has 2 aromatic rings. The van der Waals surface area contributed by atoms with Crippen molar-refractivity contribution in [3.8, 4) is 0 Å². The Bertz CT molecular complexity index is 656. The molecule has 0 aliphatic rings. The third-order valence-electron chi connectivity index (χ3n) is 3.54. The van der Waals surface area contributed by atoms with Crippen LogP contribution < -0.4 is 11.1 Å². The average Bonchev–Trinajstić information content (AvgIpc) is 2.49. The van der Waals surface area contributed by atoms with Crippen LogP contribution in [0.2, 0.25) is 0 Å². The van der Waals surface area contributed by atoms with Gasteiger partial charge in [0, 0.05) is 24.0 Å². The second kappa shape index (κ2) is 7.74. The summed E-state index contributed by atoms with van der Waals surface area (Å²) in [5.41, 5.74) is 8.16. The molecule has 0 atom stereocenters. The first-order chi connectivity index (χ1) is 10.9. The highest BCUT2D eigenvalue weighted by Crippen LogP contribution is 2.13. The van der Waals surface area contributed by atoms with E-state index in [2.05, 4.69) is 5.32 Å². The Morgan fingerprint density at radius 2 is 1.91 bits per heavy atom. The van der Waals surface area contributed by atoms with Gasteiger partial charge in [-0.2, -0.15) is 0 Å². The molecule has 1 amide bonds. The van der Waals surface area contributed by atoms with E-state index in [4.69, 9.17) is 5.73 Å². The van der Waals surface area contributed by atoms with Crippen LogP contribution in [0.15, 0.2) is 48.5 Å². The van der Waals surface area contributed by atoms with Crippen molar-refractivity contribution in [3.05, 3.63) is 59.9 Å². The van der Waals surface area contributed by atoms with Gasteiger partial charge in [-0.15, -0.1) is 0 Å². The molecule has 2 aromatic carbocycles. The molecule has 0 saturated heterocycles. The van der Waals surface area contributed by atoms with Crippen molar-refractivity contribution in [2.75, 3.05) is 17.6 Å². The van der Waals surface area contributed by atoms with E-state index in [-0.39, 0.29) is 24.3 Å². The molecular formula is C18H22FN3O. The molecule has 0 fully saturated rings. The summed E-state index contributed by atoms with van der Waals surface area (Å²) in [6, 6.07) is 13.6. The van der Waals surface area contributed by atoms with Crippen LogP contribution in [0.3, 0.4) is 0 Å². The molecule has 3 N–H and O–H groups in total. The summed E-state index contributed by atoms with van der Waals surface area (Å²) in [5, 5.41) is 2.78. The molecule has 0 spiro atoms. The van der Waals surface area contributed by atoms with Gasteiger partial charge >= 0.3 is 0 Å². The van der Waals surface area contributed by atoms with Gasteiger partial charge in [0.2, 0.25) is 5.91 Å². The number of hydrogen-bond acceptors (Lipinski definition) is 3. The van der Waals surface area contributed by atoms with E-state index in [9.17, 15) is 9.18 Å². The van der Waals surface area contributed by atoms with Crippen LogP contribution in [-0.2, 0) is 11.3 Å².